The molecule has 2 aromatic rings. The Hall–Kier alpha value is -4.39. The van der Waals surface area contributed by atoms with Gasteiger partial charge in [-0.1, -0.05) is 30.4 Å². The van der Waals surface area contributed by atoms with E-state index in [1.807, 2.05) is 54.6 Å². The molecule has 0 atom stereocenters. The van der Waals surface area contributed by atoms with Crippen LogP contribution >= 0.6 is 0 Å². The van der Waals surface area contributed by atoms with E-state index in [0.29, 0.717) is 22.7 Å². The van der Waals surface area contributed by atoms with Crippen molar-refractivity contribution < 1.29 is 19.7 Å². The molecule has 174 valence electrons. The van der Waals surface area contributed by atoms with Gasteiger partial charge in [-0.3, -0.25) is 10.0 Å². The van der Waals surface area contributed by atoms with Crippen LogP contribution in [0, 0.1) is 0 Å². The predicted octanol–water partition coefficient (Wildman–Crippen LogP) is 5.02. The number of benzene rings is 2. The molecule has 0 aliphatic heterocycles. The van der Waals surface area contributed by atoms with Gasteiger partial charge in [0.1, 0.15) is 23.0 Å². The van der Waals surface area contributed by atoms with Crippen LogP contribution in [0.1, 0.15) is 24.5 Å². The number of aromatic hydroxyl groups is 1. The zero-order valence-corrected chi connectivity index (χ0v) is 19.3. The van der Waals surface area contributed by atoms with Crippen molar-refractivity contribution >= 4 is 23.1 Å². The molecule has 34 heavy (non-hydrogen) atoms. The van der Waals surface area contributed by atoms with Crippen molar-refractivity contribution in [3.05, 3.63) is 102 Å². The first-order valence-electron chi connectivity index (χ1n) is 10.7. The number of phenolic OH excluding ortho intramolecular Hbond substituents is 1. The SMILES string of the molecule is CN=C(/C=C(/c1ccccc1O)N(C)/N=C(\C)C(=O)O)c1ccc(OC2=CC=CCC=C2)cc1. The van der Waals surface area contributed by atoms with Gasteiger partial charge in [0.15, 0.2) is 0 Å². The summed E-state index contributed by atoms with van der Waals surface area (Å²) in [6.07, 6.45) is 12.5. The van der Waals surface area contributed by atoms with Gasteiger partial charge in [0.25, 0.3) is 0 Å². The number of hydrogen-bond donors (Lipinski definition) is 2. The van der Waals surface area contributed by atoms with Gasteiger partial charge >= 0.3 is 5.97 Å². The van der Waals surface area contributed by atoms with E-state index in [1.165, 1.54) is 11.9 Å². The van der Waals surface area contributed by atoms with Crippen LogP contribution in [0.25, 0.3) is 5.70 Å². The van der Waals surface area contributed by atoms with Crippen molar-refractivity contribution in [3.63, 3.8) is 0 Å². The van der Waals surface area contributed by atoms with Gasteiger partial charge in [0, 0.05) is 19.7 Å². The molecule has 0 amide bonds. The number of phenols is 1. The monoisotopic (exact) mass is 457 g/mol. The number of ether oxygens (including phenoxy) is 1. The van der Waals surface area contributed by atoms with E-state index in [0.717, 1.165) is 17.7 Å². The third kappa shape index (κ3) is 6.32. The summed E-state index contributed by atoms with van der Waals surface area (Å²) in [6.45, 7) is 1.41. The van der Waals surface area contributed by atoms with Crippen molar-refractivity contribution in [3.8, 4) is 11.5 Å². The number of carboxylic acids is 1. The summed E-state index contributed by atoms with van der Waals surface area (Å²) >= 11 is 0. The fourth-order valence-electron chi connectivity index (χ4n) is 3.22. The first kappa shape index (κ1) is 24.3. The number of rotatable bonds is 8. The Kier molecular flexibility index (Phi) is 8.18. The van der Waals surface area contributed by atoms with Crippen LogP contribution in [0.4, 0.5) is 0 Å². The quantitative estimate of drug-likeness (QED) is 0.429. The summed E-state index contributed by atoms with van der Waals surface area (Å²) < 4.78 is 5.93. The maximum absolute atomic E-state index is 11.3. The molecule has 2 N–H and O–H groups in total. The van der Waals surface area contributed by atoms with Gasteiger partial charge in [0.2, 0.25) is 0 Å². The first-order valence-corrected chi connectivity index (χ1v) is 10.7. The lowest BCUT2D eigenvalue weighted by Crippen LogP contribution is -2.18. The van der Waals surface area contributed by atoms with Gasteiger partial charge in [-0.2, -0.15) is 5.10 Å². The second kappa shape index (κ2) is 11.5. The molecule has 7 heteroatoms. The highest BCUT2D eigenvalue weighted by Gasteiger charge is 2.15. The minimum absolute atomic E-state index is 0.0433. The average molecular weight is 458 g/mol. The molecule has 0 heterocycles. The number of allylic oxidation sites excluding steroid dienone is 6. The molecule has 0 radical (unpaired) electrons. The highest BCUT2D eigenvalue weighted by molar-refractivity contribution is 6.34. The van der Waals surface area contributed by atoms with Crippen LogP contribution < -0.4 is 4.74 Å². The number of aliphatic carboxylic acids is 1. The van der Waals surface area contributed by atoms with E-state index >= 15 is 0 Å². The van der Waals surface area contributed by atoms with Crippen molar-refractivity contribution in [2.75, 3.05) is 14.1 Å². The largest absolute Gasteiger partial charge is 0.507 e. The highest BCUT2D eigenvalue weighted by Crippen LogP contribution is 2.28. The summed E-state index contributed by atoms with van der Waals surface area (Å²) in [7, 11) is 3.29. The number of hydrogen-bond acceptors (Lipinski definition) is 6. The summed E-state index contributed by atoms with van der Waals surface area (Å²) in [4.78, 5) is 15.7. The minimum Gasteiger partial charge on any atom is -0.507 e. The zero-order valence-electron chi connectivity index (χ0n) is 19.3. The smallest absolute Gasteiger partial charge is 0.351 e. The fourth-order valence-corrected chi connectivity index (χ4v) is 3.22. The second-order valence-electron chi connectivity index (χ2n) is 7.43. The Morgan fingerprint density at radius 1 is 1.12 bits per heavy atom. The molecular formula is C27H27N3O4. The Balaban J connectivity index is 1.95. The second-order valence-corrected chi connectivity index (χ2v) is 7.43. The van der Waals surface area contributed by atoms with Gasteiger partial charge in [-0.25, -0.2) is 4.79 Å². The molecule has 0 bridgehead atoms. The average Bonchev–Trinajstić information content (AvgIpc) is 3.10. The molecule has 1 aliphatic rings. The fraction of sp³-hybridized carbons (Fsp3) is 0.148. The zero-order chi connectivity index (χ0) is 24.5. The highest BCUT2D eigenvalue weighted by atomic mass is 16.5. The van der Waals surface area contributed by atoms with Crippen molar-refractivity contribution in [1.82, 2.24) is 5.01 Å². The van der Waals surface area contributed by atoms with Crippen LogP contribution in [0.15, 0.2) is 101 Å². The Bertz CT molecular complexity index is 1220. The topological polar surface area (TPSA) is 94.7 Å². The molecule has 2 aromatic carbocycles. The normalized spacial score (nSPS) is 14.4. The van der Waals surface area contributed by atoms with Crippen molar-refractivity contribution in [1.29, 1.82) is 0 Å². The molecule has 1 aliphatic carbocycles. The van der Waals surface area contributed by atoms with Crippen LogP contribution in [0.2, 0.25) is 0 Å². The van der Waals surface area contributed by atoms with Crippen molar-refractivity contribution in [2.45, 2.75) is 13.3 Å². The lowest BCUT2D eigenvalue weighted by atomic mass is 10.0. The standard InChI is InChI=1S/C27H27N3O4/c1-19(27(32)33)29-30(3)25(23-12-8-9-13-26(23)31)18-24(28-2)20-14-16-22(17-15-20)34-21-10-6-4-5-7-11-21/h4,6-18,31H,5H2,1-3H3,(H,32,33)/b25-18-,28-24?,29-19+. The molecular weight excluding hydrogens is 430 g/mol. The van der Waals surface area contributed by atoms with Crippen LogP contribution in [0.3, 0.4) is 0 Å². The molecule has 3 rings (SSSR count). The summed E-state index contributed by atoms with van der Waals surface area (Å²) in [5.41, 5.74) is 2.34. The summed E-state index contributed by atoms with van der Waals surface area (Å²) in [6, 6.07) is 14.3. The Morgan fingerprint density at radius 2 is 1.85 bits per heavy atom. The van der Waals surface area contributed by atoms with Crippen LogP contribution in [-0.2, 0) is 4.79 Å². The molecule has 0 unspecified atom stereocenters. The number of carbonyl (C=O) groups is 1. The van der Waals surface area contributed by atoms with E-state index < -0.39 is 5.97 Å². The Morgan fingerprint density at radius 3 is 2.53 bits per heavy atom. The van der Waals surface area contributed by atoms with E-state index in [4.69, 9.17) is 4.74 Å². The first-order chi connectivity index (χ1) is 16.4. The van der Waals surface area contributed by atoms with E-state index in [2.05, 4.69) is 10.1 Å². The van der Waals surface area contributed by atoms with E-state index in [9.17, 15) is 15.0 Å². The molecule has 0 saturated carbocycles. The lowest BCUT2D eigenvalue weighted by molar-refractivity contribution is -0.129. The minimum atomic E-state index is -1.13. The molecule has 0 fully saturated rings. The number of nitrogens with zero attached hydrogens (tertiary/aromatic N) is 3. The predicted molar refractivity (Wildman–Crippen MR) is 135 cm³/mol. The lowest BCUT2D eigenvalue weighted by Gasteiger charge is -2.20. The number of para-hydroxylation sites is 1. The van der Waals surface area contributed by atoms with E-state index in [-0.39, 0.29) is 11.5 Å². The van der Waals surface area contributed by atoms with Gasteiger partial charge < -0.3 is 14.9 Å². The van der Waals surface area contributed by atoms with Gasteiger partial charge in [-0.05, 0) is 73.5 Å². The number of aliphatic imine (C=N–C) groups is 1. The molecule has 0 aromatic heterocycles. The maximum Gasteiger partial charge on any atom is 0.351 e. The Labute approximate surface area is 199 Å². The third-order valence-electron chi connectivity index (χ3n) is 4.99. The third-order valence-corrected chi connectivity index (χ3v) is 4.99. The molecule has 0 saturated heterocycles. The van der Waals surface area contributed by atoms with Crippen LogP contribution in [0.5, 0.6) is 11.5 Å². The molecule has 7 nitrogen and oxygen atoms in total. The van der Waals surface area contributed by atoms with E-state index in [1.54, 1.807) is 44.4 Å². The maximum atomic E-state index is 11.3. The molecule has 0 spiro atoms. The van der Waals surface area contributed by atoms with Crippen molar-refractivity contribution in [2.24, 2.45) is 10.1 Å². The summed E-state index contributed by atoms with van der Waals surface area (Å²) in [5, 5.41) is 25.2. The summed E-state index contributed by atoms with van der Waals surface area (Å²) in [5.74, 6) is 0.356. The number of hydrazone groups is 1. The van der Waals surface area contributed by atoms with Gasteiger partial charge in [0.05, 0.1) is 11.4 Å². The number of carboxylic acid groups (broad SMARTS) is 1. The van der Waals surface area contributed by atoms with Gasteiger partial charge in [-0.15, -0.1) is 0 Å². The van der Waals surface area contributed by atoms with Crippen LogP contribution in [-0.4, -0.2) is 46.7 Å².